The van der Waals surface area contributed by atoms with Crippen LogP contribution in [0.3, 0.4) is 0 Å². The fourth-order valence-corrected chi connectivity index (χ4v) is 6.50. The van der Waals surface area contributed by atoms with Gasteiger partial charge in [-0.1, -0.05) is 72.8 Å². The first-order valence-corrected chi connectivity index (χ1v) is 15.9. The third-order valence-electron chi connectivity index (χ3n) is 7.95. The number of piperazine rings is 1. The second kappa shape index (κ2) is 16.0. The molecule has 0 saturated carbocycles. The molecule has 0 aliphatic carbocycles. The highest BCUT2D eigenvalue weighted by molar-refractivity contribution is 7.99. The third kappa shape index (κ3) is 9.50. The first-order chi connectivity index (χ1) is 20.6. The number of rotatable bonds is 14. The predicted octanol–water partition coefficient (Wildman–Crippen LogP) is 7.87. The molecule has 1 heterocycles. The van der Waals surface area contributed by atoms with Crippen LogP contribution in [0.4, 0.5) is 8.78 Å². The van der Waals surface area contributed by atoms with Gasteiger partial charge in [0, 0.05) is 49.3 Å². The number of hydrogen-bond donors (Lipinski definition) is 0. The zero-order valence-electron chi connectivity index (χ0n) is 24.1. The van der Waals surface area contributed by atoms with Crippen LogP contribution in [0.15, 0.2) is 114 Å². The van der Waals surface area contributed by atoms with Crippen molar-refractivity contribution in [2.24, 2.45) is 0 Å². The topological polar surface area (TPSA) is 15.7 Å². The van der Waals surface area contributed by atoms with E-state index in [9.17, 15) is 8.78 Å². The summed E-state index contributed by atoms with van der Waals surface area (Å²) in [5.41, 5.74) is 3.35. The molecule has 1 atom stereocenters. The molecule has 0 aromatic heterocycles. The SMILES string of the molecule is Fc1ccc(C(CCCN2CCN(CC(CSc3ccccc3)OCc3ccccc3)CC2)c2ccc(F)cc2)cc1. The first kappa shape index (κ1) is 30.4. The molecule has 6 heteroatoms. The van der Waals surface area contributed by atoms with Crippen LogP contribution in [0.2, 0.25) is 0 Å². The molecular weight excluding hydrogens is 546 g/mol. The molecule has 0 bridgehead atoms. The number of hydrogen-bond acceptors (Lipinski definition) is 4. The molecule has 1 aliphatic heterocycles. The minimum absolute atomic E-state index is 0.122. The van der Waals surface area contributed by atoms with Crippen LogP contribution in [-0.2, 0) is 11.3 Å². The molecule has 0 amide bonds. The van der Waals surface area contributed by atoms with Crippen LogP contribution in [0, 0.1) is 11.6 Å². The molecule has 220 valence electrons. The molecule has 1 fully saturated rings. The molecule has 3 nitrogen and oxygen atoms in total. The van der Waals surface area contributed by atoms with Crippen molar-refractivity contribution < 1.29 is 13.5 Å². The minimum Gasteiger partial charge on any atom is -0.371 e. The van der Waals surface area contributed by atoms with Crippen molar-refractivity contribution in [3.8, 4) is 0 Å². The Hall–Kier alpha value is -3.03. The molecule has 1 aliphatic rings. The maximum absolute atomic E-state index is 13.6. The maximum atomic E-state index is 13.6. The van der Waals surface area contributed by atoms with Crippen LogP contribution in [0.1, 0.15) is 35.4 Å². The molecule has 0 N–H and O–H groups in total. The van der Waals surface area contributed by atoms with Crippen molar-refractivity contribution in [2.45, 2.75) is 36.4 Å². The lowest BCUT2D eigenvalue weighted by molar-refractivity contribution is 0.0169. The van der Waals surface area contributed by atoms with Crippen molar-refractivity contribution in [2.75, 3.05) is 45.0 Å². The predicted molar refractivity (Wildman–Crippen MR) is 169 cm³/mol. The standard InChI is InChI=1S/C36H40F2N2OS/c37-32-17-13-30(14-18-32)36(31-15-19-33(38)20-16-31)12-7-21-39-22-24-40(25-23-39)26-34(28-42-35-10-5-2-6-11-35)41-27-29-8-3-1-4-9-29/h1-6,8-11,13-20,34,36H,7,12,21-28H2. The van der Waals surface area contributed by atoms with Gasteiger partial charge in [0.15, 0.2) is 0 Å². The smallest absolute Gasteiger partial charge is 0.123 e. The van der Waals surface area contributed by atoms with E-state index < -0.39 is 0 Å². The molecule has 0 spiro atoms. The lowest BCUT2D eigenvalue weighted by Crippen LogP contribution is -2.49. The summed E-state index contributed by atoms with van der Waals surface area (Å²) in [7, 11) is 0. The fourth-order valence-electron chi connectivity index (χ4n) is 5.57. The van der Waals surface area contributed by atoms with E-state index in [1.807, 2.05) is 42.1 Å². The van der Waals surface area contributed by atoms with Gasteiger partial charge >= 0.3 is 0 Å². The van der Waals surface area contributed by atoms with Gasteiger partial charge in [0.1, 0.15) is 11.6 Å². The highest BCUT2D eigenvalue weighted by Crippen LogP contribution is 2.30. The number of ether oxygens (including phenoxy) is 1. The molecule has 1 unspecified atom stereocenters. The van der Waals surface area contributed by atoms with Gasteiger partial charge in [-0.25, -0.2) is 8.78 Å². The van der Waals surface area contributed by atoms with Gasteiger partial charge in [-0.15, -0.1) is 11.8 Å². The van der Waals surface area contributed by atoms with E-state index in [0.717, 1.165) is 69.0 Å². The van der Waals surface area contributed by atoms with E-state index >= 15 is 0 Å². The van der Waals surface area contributed by atoms with E-state index in [1.54, 1.807) is 0 Å². The second-order valence-electron chi connectivity index (χ2n) is 11.0. The summed E-state index contributed by atoms with van der Waals surface area (Å²) < 4.78 is 33.6. The highest BCUT2D eigenvalue weighted by Gasteiger charge is 2.22. The zero-order valence-corrected chi connectivity index (χ0v) is 24.9. The van der Waals surface area contributed by atoms with Crippen LogP contribution in [-0.4, -0.2) is 60.9 Å². The number of thioether (sulfide) groups is 1. The molecule has 1 saturated heterocycles. The summed E-state index contributed by atoms with van der Waals surface area (Å²) in [6.07, 6.45) is 2.11. The fraction of sp³-hybridized carbons (Fsp3) is 0.333. The lowest BCUT2D eigenvalue weighted by atomic mass is 9.87. The number of nitrogens with zero attached hydrogens (tertiary/aromatic N) is 2. The van der Waals surface area contributed by atoms with Crippen LogP contribution in [0.25, 0.3) is 0 Å². The monoisotopic (exact) mass is 586 g/mol. The van der Waals surface area contributed by atoms with Crippen molar-refractivity contribution >= 4 is 11.8 Å². The molecule has 42 heavy (non-hydrogen) atoms. The van der Waals surface area contributed by atoms with Crippen LogP contribution < -0.4 is 0 Å². The van der Waals surface area contributed by atoms with Gasteiger partial charge in [-0.2, -0.15) is 0 Å². The summed E-state index contributed by atoms with van der Waals surface area (Å²) in [5.74, 6) is 0.574. The summed E-state index contributed by atoms with van der Waals surface area (Å²) in [4.78, 5) is 6.36. The quantitative estimate of drug-likeness (QED) is 0.140. The molecular formula is C36H40F2N2OS. The van der Waals surface area contributed by atoms with Crippen molar-refractivity contribution in [3.05, 3.63) is 138 Å². The average molecular weight is 587 g/mol. The molecule has 4 aromatic carbocycles. The van der Waals surface area contributed by atoms with Crippen molar-refractivity contribution in [1.29, 1.82) is 0 Å². The van der Waals surface area contributed by atoms with Crippen LogP contribution in [0.5, 0.6) is 0 Å². The Balaban J connectivity index is 1.11. The number of benzene rings is 4. The van der Waals surface area contributed by atoms with Gasteiger partial charge in [-0.05, 0) is 72.5 Å². The largest absolute Gasteiger partial charge is 0.371 e. The Morgan fingerprint density at radius 3 is 1.81 bits per heavy atom. The second-order valence-corrected chi connectivity index (χ2v) is 12.1. The molecule has 4 aromatic rings. The van der Waals surface area contributed by atoms with E-state index in [1.165, 1.54) is 34.7 Å². The Morgan fingerprint density at radius 2 is 1.21 bits per heavy atom. The van der Waals surface area contributed by atoms with E-state index in [0.29, 0.717) is 6.61 Å². The zero-order chi connectivity index (χ0) is 29.0. The lowest BCUT2D eigenvalue weighted by Gasteiger charge is -2.36. The maximum Gasteiger partial charge on any atom is 0.123 e. The van der Waals surface area contributed by atoms with E-state index in [4.69, 9.17) is 4.74 Å². The van der Waals surface area contributed by atoms with Gasteiger partial charge in [0.2, 0.25) is 0 Å². The van der Waals surface area contributed by atoms with Crippen molar-refractivity contribution in [3.63, 3.8) is 0 Å². The Labute approximate surface area is 253 Å². The number of halogens is 2. The summed E-state index contributed by atoms with van der Waals surface area (Å²) >= 11 is 1.86. The van der Waals surface area contributed by atoms with Gasteiger partial charge in [-0.3, -0.25) is 4.90 Å². The Morgan fingerprint density at radius 1 is 0.667 bits per heavy atom. The minimum atomic E-state index is -0.235. The summed E-state index contributed by atoms with van der Waals surface area (Å²) in [6, 6.07) is 34.4. The third-order valence-corrected chi connectivity index (χ3v) is 9.09. The van der Waals surface area contributed by atoms with Crippen LogP contribution >= 0.6 is 11.8 Å². The molecule has 5 rings (SSSR count). The van der Waals surface area contributed by atoms with E-state index in [2.05, 4.69) is 64.4 Å². The van der Waals surface area contributed by atoms with Gasteiger partial charge in [0.25, 0.3) is 0 Å². The highest BCUT2D eigenvalue weighted by atomic mass is 32.2. The van der Waals surface area contributed by atoms with Crippen molar-refractivity contribution in [1.82, 2.24) is 9.80 Å². The normalized spacial score (nSPS) is 15.2. The van der Waals surface area contributed by atoms with Gasteiger partial charge < -0.3 is 9.64 Å². The Kier molecular flexibility index (Phi) is 11.6. The summed E-state index contributed by atoms with van der Waals surface area (Å²) in [5, 5.41) is 0. The Bertz CT molecular complexity index is 1230. The molecule has 0 radical (unpaired) electrons. The van der Waals surface area contributed by atoms with E-state index in [-0.39, 0.29) is 23.7 Å². The van der Waals surface area contributed by atoms with Gasteiger partial charge in [0.05, 0.1) is 12.7 Å². The summed E-state index contributed by atoms with van der Waals surface area (Å²) in [6.45, 7) is 6.71. The average Bonchev–Trinajstić information content (AvgIpc) is 3.03. The first-order valence-electron chi connectivity index (χ1n) is 14.9.